The summed E-state index contributed by atoms with van der Waals surface area (Å²) in [6, 6.07) is 23.0. The Labute approximate surface area is 197 Å². The molecule has 0 fully saturated rings. The topological polar surface area (TPSA) is 76.5 Å². The second-order valence-electron chi connectivity index (χ2n) is 8.28. The Balaban J connectivity index is 1.70. The third-order valence-corrected chi connectivity index (χ3v) is 6.10. The van der Waals surface area contributed by atoms with Crippen LogP contribution < -0.4 is 11.3 Å². The number of rotatable bonds is 3. The average Bonchev–Trinajstić information content (AvgIpc) is 3.26. The van der Waals surface area contributed by atoms with Gasteiger partial charge in [-0.2, -0.15) is 5.10 Å². The molecule has 5 rings (SSSR count). The summed E-state index contributed by atoms with van der Waals surface area (Å²) < 4.78 is 1.66. The summed E-state index contributed by atoms with van der Waals surface area (Å²) in [7, 11) is 0. The molecule has 1 aromatic heterocycles. The third kappa shape index (κ3) is 3.81. The van der Waals surface area contributed by atoms with E-state index >= 15 is 0 Å². The molecule has 0 spiro atoms. The average molecular weight is 454 g/mol. The number of aromatic nitrogens is 2. The third-order valence-electron chi connectivity index (χ3n) is 5.91. The maximum absolute atomic E-state index is 13.7. The van der Waals surface area contributed by atoms with Gasteiger partial charge >= 0.3 is 0 Å². The van der Waals surface area contributed by atoms with Crippen molar-refractivity contribution in [3.8, 4) is 5.69 Å². The number of nitrogens with zero attached hydrogens (tertiary/aromatic N) is 4. The zero-order chi connectivity index (χ0) is 23.1. The lowest BCUT2D eigenvalue weighted by Gasteiger charge is -2.24. The lowest BCUT2D eigenvalue weighted by molar-refractivity contribution is 0.352. The van der Waals surface area contributed by atoms with E-state index in [1.54, 1.807) is 15.6 Å². The quantitative estimate of drug-likeness (QED) is 0.466. The zero-order valence-electron chi connectivity index (χ0n) is 18.4. The Morgan fingerprint density at radius 1 is 0.970 bits per heavy atom. The largest absolute Gasteiger partial charge is 0.375 e. The van der Waals surface area contributed by atoms with Gasteiger partial charge in [-0.1, -0.05) is 59.7 Å². The van der Waals surface area contributed by atoms with Crippen molar-refractivity contribution in [3.63, 3.8) is 0 Å². The van der Waals surface area contributed by atoms with Crippen LogP contribution in [0.25, 0.3) is 16.6 Å². The van der Waals surface area contributed by atoms with Crippen LogP contribution in [0.4, 0.5) is 0 Å². The molecule has 2 N–H and O–H groups in total. The van der Waals surface area contributed by atoms with Crippen molar-refractivity contribution in [2.24, 2.45) is 10.8 Å². The van der Waals surface area contributed by atoms with Crippen LogP contribution in [0, 0.1) is 13.8 Å². The fourth-order valence-corrected chi connectivity index (χ4v) is 4.32. The number of fused-ring (bicyclic) bond motifs is 1. The highest BCUT2D eigenvalue weighted by Gasteiger charge is 2.34. The van der Waals surface area contributed by atoms with Gasteiger partial charge in [0.2, 0.25) is 0 Å². The van der Waals surface area contributed by atoms with Crippen molar-refractivity contribution in [3.05, 3.63) is 106 Å². The highest BCUT2D eigenvalue weighted by atomic mass is 32.1. The molecule has 1 aliphatic heterocycles. The zero-order valence-corrected chi connectivity index (χ0v) is 19.2. The molecule has 1 aliphatic rings. The Morgan fingerprint density at radius 2 is 1.61 bits per heavy atom. The fourth-order valence-electron chi connectivity index (χ4n) is 4.15. The van der Waals surface area contributed by atoms with Crippen LogP contribution in [0.2, 0.25) is 0 Å². The molecule has 0 amide bonds. The lowest BCUT2D eigenvalue weighted by Crippen LogP contribution is -2.36. The van der Waals surface area contributed by atoms with E-state index in [1.807, 2.05) is 80.6 Å². The van der Waals surface area contributed by atoms with E-state index in [2.05, 4.69) is 0 Å². The molecule has 3 aromatic carbocycles. The van der Waals surface area contributed by atoms with Crippen LogP contribution in [0.15, 0.2) is 82.7 Å². The van der Waals surface area contributed by atoms with Crippen LogP contribution in [0.1, 0.15) is 35.0 Å². The van der Waals surface area contributed by atoms with Crippen molar-refractivity contribution in [1.29, 1.82) is 0 Å². The molecule has 164 valence electrons. The first-order valence-corrected chi connectivity index (χ1v) is 11.1. The number of hydrazone groups is 1. The molecule has 6 nitrogen and oxygen atoms in total. The lowest BCUT2D eigenvalue weighted by atomic mass is 10.0. The number of nitrogens with two attached hydrogens (primary N) is 1. The number of hydrogen-bond donors (Lipinski definition) is 1. The molecule has 4 aromatic rings. The van der Waals surface area contributed by atoms with Gasteiger partial charge in [-0.05, 0) is 55.9 Å². The Morgan fingerprint density at radius 3 is 2.27 bits per heavy atom. The first-order chi connectivity index (χ1) is 15.9. The fraction of sp³-hybridized carbons (Fsp3) is 0.154. The van der Waals surface area contributed by atoms with Gasteiger partial charge in [-0.15, -0.1) is 0 Å². The monoisotopic (exact) mass is 453 g/mol. The molecule has 0 radical (unpaired) electrons. The molecular formula is C26H23N5OS. The summed E-state index contributed by atoms with van der Waals surface area (Å²) in [5.41, 5.74) is 11.5. The van der Waals surface area contributed by atoms with Crippen molar-refractivity contribution < 1.29 is 0 Å². The van der Waals surface area contributed by atoms with Gasteiger partial charge in [0.1, 0.15) is 11.9 Å². The Hall–Kier alpha value is -3.84. The highest BCUT2D eigenvalue weighted by molar-refractivity contribution is 7.80. The molecule has 0 bridgehead atoms. The summed E-state index contributed by atoms with van der Waals surface area (Å²) in [6.07, 6.45) is 0.525. The molecule has 1 atom stereocenters. The molecule has 2 heterocycles. The summed E-state index contributed by atoms with van der Waals surface area (Å²) in [5, 5.41) is 7.03. The van der Waals surface area contributed by atoms with Gasteiger partial charge in [0.15, 0.2) is 5.11 Å². The normalized spacial score (nSPS) is 15.6. The highest BCUT2D eigenvalue weighted by Crippen LogP contribution is 2.33. The smallest absolute Gasteiger partial charge is 0.266 e. The predicted octanol–water partition coefficient (Wildman–Crippen LogP) is 4.40. The predicted molar refractivity (Wildman–Crippen MR) is 136 cm³/mol. The molecule has 0 saturated carbocycles. The molecule has 0 saturated heterocycles. The molecular weight excluding hydrogens is 430 g/mol. The van der Waals surface area contributed by atoms with Gasteiger partial charge in [0.05, 0.1) is 22.3 Å². The first-order valence-electron chi connectivity index (χ1n) is 10.7. The van der Waals surface area contributed by atoms with Crippen LogP contribution in [-0.4, -0.2) is 25.4 Å². The van der Waals surface area contributed by atoms with Gasteiger partial charge in [-0.3, -0.25) is 9.36 Å². The summed E-state index contributed by atoms with van der Waals surface area (Å²) >= 11 is 5.34. The number of aryl methyl sites for hydroxylation is 2. The van der Waals surface area contributed by atoms with Gasteiger partial charge in [-0.25, -0.2) is 9.99 Å². The van der Waals surface area contributed by atoms with E-state index in [4.69, 9.17) is 28.0 Å². The molecule has 33 heavy (non-hydrogen) atoms. The van der Waals surface area contributed by atoms with Gasteiger partial charge < -0.3 is 5.73 Å². The van der Waals surface area contributed by atoms with E-state index in [1.165, 1.54) is 5.56 Å². The first kappa shape index (κ1) is 21.0. The summed E-state index contributed by atoms with van der Waals surface area (Å²) in [6.45, 7) is 4.06. The summed E-state index contributed by atoms with van der Waals surface area (Å²) in [5.74, 6) is 0.557. The van der Waals surface area contributed by atoms with Crippen molar-refractivity contribution >= 4 is 33.9 Å². The summed E-state index contributed by atoms with van der Waals surface area (Å²) in [4.78, 5) is 18.6. The van der Waals surface area contributed by atoms with Gasteiger partial charge in [0, 0.05) is 6.42 Å². The van der Waals surface area contributed by atoms with E-state index in [-0.39, 0.29) is 10.7 Å². The molecule has 1 unspecified atom stereocenters. The standard InChI is InChI=1S/C26H23N5OS/c1-16-7-11-18(12-8-16)22-15-23(31(29-22)26(27)33)24-28-21-6-4-3-5-20(21)25(32)30(24)19-13-9-17(2)10-14-19/h3-14,23H,15H2,1-2H3,(H2,27,33). The van der Waals surface area contributed by atoms with Crippen molar-refractivity contribution in [1.82, 2.24) is 14.6 Å². The molecule has 0 aliphatic carbocycles. The molecule has 7 heteroatoms. The number of benzene rings is 3. The second kappa shape index (κ2) is 8.26. The van der Waals surface area contributed by atoms with Crippen LogP contribution >= 0.6 is 12.2 Å². The van der Waals surface area contributed by atoms with E-state index < -0.39 is 6.04 Å². The van der Waals surface area contributed by atoms with Crippen molar-refractivity contribution in [2.75, 3.05) is 0 Å². The Kier molecular flexibility index (Phi) is 5.26. The number of hydrogen-bond acceptors (Lipinski definition) is 4. The number of thiocarbonyl (C=S) groups is 1. The minimum absolute atomic E-state index is 0.133. The van der Waals surface area contributed by atoms with E-state index in [9.17, 15) is 4.79 Å². The Bertz CT molecular complexity index is 1460. The van der Waals surface area contributed by atoms with Gasteiger partial charge in [0.25, 0.3) is 5.56 Å². The van der Waals surface area contributed by atoms with Crippen LogP contribution in [-0.2, 0) is 0 Å². The minimum atomic E-state index is -0.405. The van der Waals surface area contributed by atoms with Crippen molar-refractivity contribution in [2.45, 2.75) is 26.3 Å². The number of para-hydroxylation sites is 1. The minimum Gasteiger partial charge on any atom is -0.375 e. The van der Waals surface area contributed by atoms with E-state index in [0.717, 1.165) is 22.5 Å². The second-order valence-corrected chi connectivity index (χ2v) is 8.70. The van der Waals surface area contributed by atoms with Crippen LogP contribution in [0.5, 0.6) is 0 Å². The van der Waals surface area contributed by atoms with Crippen LogP contribution in [0.3, 0.4) is 0 Å². The maximum Gasteiger partial charge on any atom is 0.266 e. The maximum atomic E-state index is 13.7. The van der Waals surface area contributed by atoms with E-state index in [0.29, 0.717) is 23.1 Å². The SMILES string of the molecule is Cc1ccc(C2=NN(C(N)=S)C(c3nc4ccccc4c(=O)n3-c3ccc(C)cc3)C2)cc1.